The molecule has 1 aliphatic rings. The SMILES string of the molecule is CC(N)CC(=O)NCCC(=O)N1CCOCC1.Cl. The number of nitrogens with two attached hydrogens (primary N) is 1. The van der Waals surface area contributed by atoms with Gasteiger partial charge in [-0.3, -0.25) is 9.59 Å². The van der Waals surface area contributed by atoms with E-state index in [0.29, 0.717) is 45.7 Å². The van der Waals surface area contributed by atoms with E-state index in [9.17, 15) is 9.59 Å². The Morgan fingerprint density at radius 3 is 2.56 bits per heavy atom. The van der Waals surface area contributed by atoms with Gasteiger partial charge in [0.1, 0.15) is 0 Å². The van der Waals surface area contributed by atoms with E-state index in [0.717, 1.165) is 0 Å². The van der Waals surface area contributed by atoms with Crippen molar-refractivity contribution in [1.29, 1.82) is 0 Å². The molecule has 0 aromatic carbocycles. The molecule has 1 fully saturated rings. The van der Waals surface area contributed by atoms with Crippen LogP contribution in [0.25, 0.3) is 0 Å². The molecule has 1 unspecified atom stereocenters. The van der Waals surface area contributed by atoms with E-state index < -0.39 is 0 Å². The number of amides is 2. The zero-order valence-electron chi connectivity index (χ0n) is 10.7. The molecule has 1 atom stereocenters. The van der Waals surface area contributed by atoms with Crippen molar-refractivity contribution in [3.05, 3.63) is 0 Å². The maximum absolute atomic E-state index is 11.7. The maximum Gasteiger partial charge on any atom is 0.224 e. The Hall–Kier alpha value is -0.850. The first-order valence-electron chi connectivity index (χ1n) is 5.97. The fourth-order valence-corrected chi connectivity index (χ4v) is 1.64. The predicted octanol–water partition coefficient (Wildman–Crippen LogP) is -0.489. The molecule has 3 N–H and O–H groups in total. The minimum Gasteiger partial charge on any atom is -0.378 e. The van der Waals surface area contributed by atoms with E-state index in [1.165, 1.54) is 0 Å². The number of ether oxygens (including phenoxy) is 1. The lowest BCUT2D eigenvalue weighted by Crippen LogP contribution is -2.42. The van der Waals surface area contributed by atoms with E-state index in [-0.39, 0.29) is 30.3 Å². The van der Waals surface area contributed by atoms with Crippen LogP contribution in [-0.4, -0.2) is 55.6 Å². The van der Waals surface area contributed by atoms with Crippen LogP contribution in [0.15, 0.2) is 0 Å². The topological polar surface area (TPSA) is 84.7 Å². The number of hydrogen-bond acceptors (Lipinski definition) is 4. The van der Waals surface area contributed by atoms with Crippen molar-refractivity contribution in [2.45, 2.75) is 25.8 Å². The molecule has 0 bridgehead atoms. The normalized spacial score (nSPS) is 16.7. The summed E-state index contributed by atoms with van der Waals surface area (Å²) in [4.78, 5) is 24.7. The van der Waals surface area contributed by atoms with Gasteiger partial charge in [0.15, 0.2) is 0 Å². The number of rotatable bonds is 5. The summed E-state index contributed by atoms with van der Waals surface area (Å²) in [5.41, 5.74) is 5.49. The molecule has 0 radical (unpaired) electrons. The van der Waals surface area contributed by atoms with E-state index in [4.69, 9.17) is 10.5 Å². The molecule has 1 aliphatic heterocycles. The number of hydrogen-bond donors (Lipinski definition) is 2. The number of carbonyl (C=O) groups excluding carboxylic acids is 2. The van der Waals surface area contributed by atoms with E-state index in [1.54, 1.807) is 11.8 Å². The van der Waals surface area contributed by atoms with Gasteiger partial charge in [0.25, 0.3) is 0 Å². The maximum atomic E-state index is 11.7. The Labute approximate surface area is 114 Å². The van der Waals surface area contributed by atoms with Crippen molar-refractivity contribution >= 4 is 24.2 Å². The molecule has 2 amide bonds. The Kier molecular flexibility index (Phi) is 8.70. The summed E-state index contributed by atoms with van der Waals surface area (Å²) < 4.78 is 5.16. The van der Waals surface area contributed by atoms with Crippen LogP contribution in [0.2, 0.25) is 0 Å². The quantitative estimate of drug-likeness (QED) is 0.711. The number of carbonyl (C=O) groups is 2. The molecule has 1 heterocycles. The Morgan fingerprint density at radius 1 is 1.39 bits per heavy atom. The summed E-state index contributed by atoms with van der Waals surface area (Å²) in [5, 5.41) is 2.69. The molecule has 106 valence electrons. The third-order valence-corrected chi connectivity index (χ3v) is 2.53. The van der Waals surface area contributed by atoms with Crippen molar-refractivity contribution in [2.75, 3.05) is 32.8 Å². The molecule has 0 saturated carbocycles. The van der Waals surface area contributed by atoms with Gasteiger partial charge in [-0.1, -0.05) is 0 Å². The lowest BCUT2D eigenvalue weighted by molar-refractivity contribution is -0.135. The summed E-state index contributed by atoms with van der Waals surface area (Å²) in [7, 11) is 0. The van der Waals surface area contributed by atoms with Gasteiger partial charge in [-0.2, -0.15) is 0 Å². The van der Waals surface area contributed by atoms with Gasteiger partial charge in [0.05, 0.1) is 13.2 Å². The van der Waals surface area contributed by atoms with Crippen LogP contribution in [0.3, 0.4) is 0 Å². The van der Waals surface area contributed by atoms with Crippen LogP contribution >= 0.6 is 12.4 Å². The van der Waals surface area contributed by atoms with E-state index in [1.807, 2.05) is 0 Å². The fourth-order valence-electron chi connectivity index (χ4n) is 1.64. The van der Waals surface area contributed by atoms with Gasteiger partial charge in [0, 0.05) is 38.5 Å². The Morgan fingerprint density at radius 2 is 2.00 bits per heavy atom. The minimum absolute atomic E-state index is 0. The number of morpholine rings is 1. The summed E-state index contributed by atoms with van der Waals surface area (Å²) in [6, 6.07) is -0.148. The monoisotopic (exact) mass is 279 g/mol. The predicted molar refractivity (Wildman–Crippen MR) is 70.5 cm³/mol. The van der Waals surface area contributed by atoms with Gasteiger partial charge >= 0.3 is 0 Å². The molecule has 0 aliphatic carbocycles. The first-order valence-corrected chi connectivity index (χ1v) is 5.97. The summed E-state index contributed by atoms with van der Waals surface area (Å²) in [6.07, 6.45) is 0.635. The van der Waals surface area contributed by atoms with Gasteiger partial charge in [0.2, 0.25) is 11.8 Å². The number of nitrogens with zero attached hydrogens (tertiary/aromatic N) is 1. The molecule has 7 heteroatoms. The molecule has 1 rings (SSSR count). The lowest BCUT2D eigenvalue weighted by Gasteiger charge is -2.26. The largest absolute Gasteiger partial charge is 0.378 e. The highest BCUT2D eigenvalue weighted by Crippen LogP contribution is 1.99. The second-order valence-corrected chi connectivity index (χ2v) is 4.27. The van der Waals surface area contributed by atoms with E-state index >= 15 is 0 Å². The summed E-state index contributed by atoms with van der Waals surface area (Å²) >= 11 is 0. The minimum atomic E-state index is -0.148. The average molecular weight is 280 g/mol. The van der Waals surface area contributed by atoms with Crippen molar-refractivity contribution < 1.29 is 14.3 Å². The third kappa shape index (κ3) is 6.78. The first-order chi connectivity index (χ1) is 8.09. The Bertz CT molecular complexity index is 268. The zero-order chi connectivity index (χ0) is 12.7. The van der Waals surface area contributed by atoms with Crippen LogP contribution in [0.1, 0.15) is 19.8 Å². The highest BCUT2D eigenvalue weighted by Gasteiger charge is 2.16. The van der Waals surface area contributed by atoms with Crippen LogP contribution in [0, 0.1) is 0 Å². The fraction of sp³-hybridized carbons (Fsp3) is 0.818. The molecular weight excluding hydrogens is 258 g/mol. The van der Waals surface area contributed by atoms with Crippen molar-refractivity contribution in [3.8, 4) is 0 Å². The molecule has 6 nitrogen and oxygen atoms in total. The van der Waals surface area contributed by atoms with Gasteiger partial charge in [-0.15, -0.1) is 12.4 Å². The van der Waals surface area contributed by atoms with Crippen LogP contribution < -0.4 is 11.1 Å². The van der Waals surface area contributed by atoms with Crippen molar-refractivity contribution in [3.63, 3.8) is 0 Å². The molecule has 0 spiro atoms. The van der Waals surface area contributed by atoms with Crippen molar-refractivity contribution in [2.24, 2.45) is 5.73 Å². The summed E-state index contributed by atoms with van der Waals surface area (Å²) in [5.74, 6) is -0.0378. The third-order valence-electron chi connectivity index (χ3n) is 2.53. The first kappa shape index (κ1) is 17.2. The molecule has 1 saturated heterocycles. The van der Waals surface area contributed by atoms with E-state index in [2.05, 4.69) is 5.32 Å². The van der Waals surface area contributed by atoms with Crippen LogP contribution in [0.4, 0.5) is 0 Å². The van der Waals surface area contributed by atoms with Gasteiger partial charge < -0.3 is 20.7 Å². The standard InChI is InChI=1S/C11H21N3O3.ClH/c1-9(12)8-10(15)13-3-2-11(16)14-4-6-17-7-5-14;/h9H,2-8,12H2,1H3,(H,13,15);1H. The van der Waals surface area contributed by atoms with Gasteiger partial charge in [-0.25, -0.2) is 0 Å². The molecular formula is C11H22ClN3O3. The number of halogens is 1. The van der Waals surface area contributed by atoms with Crippen LogP contribution in [0.5, 0.6) is 0 Å². The smallest absolute Gasteiger partial charge is 0.224 e. The molecule has 0 aromatic rings. The van der Waals surface area contributed by atoms with Crippen molar-refractivity contribution in [1.82, 2.24) is 10.2 Å². The Balaban J connectivity index is 0.00000289. The summed E-state index contributed by atoms with van der Waals surface area (Å²) in [6.45, 7) is 4.64. The lowest BCUT2D eigenvalue weighted by atomic mass is 10.2. The second-order valence-electron chi connectivity index (χ2n) is 4.27. The molecule has 18 heavy (non-hydrogen) atoms. The van der Waals surface area contributed by atoms with Gasteiger partial charge in [-0.05, 0) is 6.92 Å². The second kappa shape index (κ2) is 9.13. The highest BCUT2D eigenvalue weighted by molar-refractivity contribution is 5.85. The highest BCUT2D eigenvalue weighted by atomic mass is 35.5. The molecule has 0 aromatic heterocycles. The number of nitrogens with one attached hydrogen (secondary N) is 1. The average Bonchev–Trinajstić information content (AvgIpc) is 2.29. The van der Waals surface area contributed by atoms with Crippen LogP contribution in [-0.2, 0) is 14.3 Å². The zero-order valence-corrected chi connectivity index (χ0v) is 11.5.